The fourth-order valence-corrected chi connectivity index (χ4v) is 8.93. The molecular weight excluding hydrogens is 817 g/mol. The van der Waals surface area contributed by atoms with Gasteiger partial charge in [-0.1, -0.05) is 188 Å². The van der Waals surface area contributed by atoms with Crippen molar-refractivity contribution in [2.24, 2.45) is 0 Å². The summed E-state index contributed by atoms with van der Waals surface area (Å²) >= 11 is 0. The molecule has 0 unspecified atom stereocenters. The predicted molar refractivity (Wildman–Crippen MR) is 273 cm³/mol. The second-order valence-corrected chi connectivity index (χ2v) is 16.5. The number of hydrogen-bond acceptors (Lipinski definition) is 5. The Morgan fingerprint density at radius 2 is 0.567 bits per heavy atom. The van der Waals surface area contributed by atoms with Gasteiger partial charge in [0.2, 0.25) is 5.95 Å². The molecule has 3 heterocycles. The Bertz CT molecular complexity index is 3350. The molecule has 3 aromatic heterocycles. The highest BCUT2D eigenvalue weighted by atomic mass is 15.2. The van der Waals surface area contributed by atoms with Crippen molar-refractivity contribution in [1.82, 2.24) is 29.5 Å². The normalized spacial score (nSPS) is 11.3. The molecule has 0 saturated heterocycles. The van der Waals surface area contributed by atoms with Gasteiger partial charge >= 0.3 is 0 Å². The third-order valence-electron chi connectivity index (χ3n) is 12.3. The predicted octanol–water partition coefficient (Wildman–Crippen LogP) is 15.1. The van der Waals surface area contributed by atoms with Gasteiger partial charge in [-0.2, -0.15) is 9.97 Å². The van der Waals surface area contributed by atoms with Crippen LogP contribution >= 0.6 is 0 Å². The fourth-order valence-electron chi connectivity index (χ4n) is 8.93. The van der Waals surface area contributed by atoms with Crippen LogP contribution in [0.3, 0.4) is 0 Å². The van der Waals surface area contributed by atoms with Crippen LogP contribution in [-0.4, -0.2) is 29.5 Å². The number of aromatic nitrogens is 6. The van der Waals surface area contributed by atoms with Crippen molar-refractivity contribution in [2.45, 2.75) is 0 Å². The van der Waals surface area contributed by atoms with E-state index in [1.165, 1.54) is 0 Å². The molecule has 0 N–H and O–H groups in total. The van der Waals surface area contributed by atoms with Crippen LogP contribution in [-0.2, 0) is 0 Å². The molecule has 0 radical (unpaired) electrons. The molecule has 0 saturated carbocycles. The summed E-state index contributed by atoms with van der Waals surface area (Å²) in [5.74, 6) is 2.36. The Kier molecular flexibility index (Phi) is 10.1. The summed E-state index contributed by atoms with van der Waals surface area (Å²) in [5.41, 5.74) is 15.2. The van der Waals surface area contributed by atoms with Crippen LogP contribution in [0.4, 0.5) is 0 Å². The SMILES string of the molecule is c1ccc(-c2cc(-c3ccccc3)cc(-c3ccc4c(c3)c3cc(-c5nc(-c6ccccc6)cc(-c6ccccc6)n5)ccc3n4-c3nc(-c4ccccc4)nc(-c4ccccc4)n3)c2)cc1. The lowest BCUT2D eigenvalue weighted by Crippen LogP contribution is -2.06. The molecule has 0 atom stereocenters. The molecule has 0 fully saturated rings. The van der Waals surface area contributed by atoms with Gasteiger partial charge in [0, 0.05) is 38.6 Å². The molecule has 0 bridgehead atoms. The number of rotatable bonds is 9. The fraction of sp³-hybridized carbons (Fsp3) is 0. The maximum Gasteiger partial charge on any atom is 0.238 e. The first-order valence-electron chi connectivity index (χ1n) is 22.4. The second kappa shape index (κ2) is 17.1. The van der Waals surface area contributed by atoms with E-state index in [2.05, 4.69) is 150 Å². The van der Waals surface area contributed by atoms with Gasteiger partial charge in [-0.3, -0.25) is 4.57 Å². The molecule has 0 spiro atoms. The van der Waals surface area contributed by atoms with E-state index in [0.717, 1.165) is 94.4 Å². The lowest BCUT2D eigenvalue weighted by molar-refractivity contribution is 0.953. The summed E-state index contributed by atoms with van der Waals surface area (Å²) in [7, 11) is 0. The maximum atomic E-state index is 5.23. The minimum absolute atomic E-state index is 0.527. The van der Waals surface area contributed by atoms with E-state index in [9.17, 15) is 0 Å². The highest BCUT2D eigenvalue weighted by Gasteiger charge is 2.21. The number of hydrogen-bond donors (Lipinski definition) is 0. The summed E-state index contributed by atoms with van der Waals surface area (Å²) in [6.45, 7) is 0. The van der Waals surface area contributed by atoms with Gasteiger partial charge in [-0.15, -0.1) is 0 Å². The van der Waals surface area contributed by atoms with Crippen molar-refractivity contribution in [3.05, 3.63) is 243 Å². The Balaban J connectivity index is 1.11. The van der Waals surface area contributed by atoms with Crippen molar-refractivity contribution in [1.29, 1.82) is 0 Å². The zero-order valence-electron chi connectivity index (χ0n) is 36.3. The molecule has 12 rings (SSSR count). The van der Waals surface area contributed by atoms with Crippen LogP contribution in [0.25, 0.3) is 118 Å². The lowest BCUT2D eigenvalue weighted by Gasteiger charge is -2.12. The maximum absolute atomic E-state index is 5.23. The van der Waals surface area contributed by atoms with Crippen LogP contribution < -0.4 is 0 Å². The molecular formula is C61H40N6. The average Bonchev–Trinajstić information content (AvgIpc) is 3.75. The van der Waals surface area contributed by atoms with Crippen molar-refractivity contribution in [2.75, 3.05) is 0 Å². The molecule has 0 aliphatic carbocycles. The molecule has 0 aliphatic rings. The Morgan fingerprint density at radius 1 is 0.224 bits per heavy atom. The zero-order valence-corrected chi connectivity index (χ0v) is 36.3. The quantitative estimate of drug-likeness (QED) is 0.145. The molecule has 67 heavy (non-hydrogen) atoms. The van der Waals surface area contributed by atoms with Gasteiger partial charge in [0.1, 0.15) is 0 Å². The number of benzene rings is 9. The van der Waals surface area contributed by atoms with Crippen molar-refractivity contribution >= 4 is 21.8 Å². The standard InChI is InChI=1S/C61H40N6/c1-7-19-41(20-8-1)49-35-50(42-21-9-2-10-22-42)37-51(36-49)47-31-33-56-52(38-47)53-39-48(60-62-54(43-23-11-3-12-24-43)40-55(63-60)44-25-13-4-14-26-44)32-34-57(53)67(56)61-65-58(45-27-15-5-16-28-45)64-59(66-61)46-29-17-6-18-30-46/h1-40H. The van der Waals surface area contributed by atoms with Gasteiger partial charge in [0.15, 0.2) is 17.5 Å². The molecule has 9 aromatic carbocycles. The zero-order chi connectivity index (χ0) is 44.5. The van der Waals surface area contributed by atoms with Crippen molar-refractivity contribution < 1.29 is 0 Å². The van der Waals surface area contributed by atoms with E-state index >= 15 is 0 Å². The van der Waals surface area contributed by atoms with Gasteiger partial charge in [0.05, 0.1) is 22.4 Å². The van der Waals surface area contributed by atoms with Gasteiger partial charge in [-0.25, -0.2) is 15.0 Å². The molecule has 0 amide bonds. The van der Waals surface area contributed by atoms with Crippen molar-refractivity contribution in [3.8, 4) is 96.0 Å². The lowest BCUT2D eigenvalue weighted by atomic mass is 9.93. The third-order valence-corrected chi connectivity index (χ3v) is 12.3. The van der Waals surface area contributed by atoms with E-state index in [1.54, 1.807) is 0 Å². The summed E-state index contributed by atoms with van der Waals surface area (Å²) in [4.78, 5) is 26.0. The van der Waals surface area contributed by atoms with Crippen LogP contribution in [0.2, 0.25) is 0 Å². The minimum atomic E-state index is 0.527. The monoisotopic (exact) mass is 856 g/mol. The van der Waals surface area contributed by atoms with Crippen LogP contribution in [0.5, 0.6) is 0 Å². The topological polar surface area (TPSA) is 69.4 Å². The van der Waals surface area contributed by atoms with Crippen LogP contribution in [0, 0.1) is 0 Å². The highest BCUT2D eigenvalue weighted by Crippen LogP contribution is 2.40. The first-order chi connectivity index (χ1) is 33.2. The molecule has 6 nitrogen and oxygen atoms in total. The first kappa shape index (κ1) is 39.5. The number of nitrogens with zero attached hydrogens (tertiary/aromatic N) is 6. The minimum Gasteiger partial charge on any atom is -0.278 e. The van der Waals surface area contributed by atoms with Gasteiger partial charge < -0.3 is 0 Å². The van der Waals surface area contributed by atoms with Crippen molar-refractivity contribution in [3.63, 3.8) is 0 Å². The Morgan fingerprint density at radius 3 is 1.00 bits per heavy atom. The Labute approximate surface area is 388 Å². The Hall–Kier alpha value is -9.13. The molecule has 12 aromatic rings. The average molecular weight is 857 g/mol. The summed E-state index contributed by atoms with van der Waals surface area (Å²) in [6.07, 6.45) is 0. The third kappa shape index (κ3) is 7.73. The summed E-state index contributed by atoms with van der Waals surface area (Å²) in [5, 5.41) is 2.07. The van der Waals surface area contributed by atoms with E-state index in [0.29, 0.717) is 23.4 Å². The first-order valence-corrected chi connectivity index (χ1v) is 22.4. The van der Waals surface area contributed by atoms with Gasteiger partial charge in [-0.05, 0) is 88.0 Å². The molecule has 0 aliphatic heterocycles. The summed E-state index contributed by atoms with van der Waals surface area (Å²) in [6, 6.07) is 84.2. The van der Waals surface area contributed by atoms with E-state index in [-0.39, 0.29) is 0 Å². The van der Waals surface area contributed by atoms with Crippen LogP contribution in [0.15, 0.2) is 243 Å². The van der Waals surface area contributed by atoms with E-state index in [4.69, 9.17) is 24.9 Å². The number of fused-ring (bicyclic) bond motifs is 3. The van der Waals surface area contributed by atoms with E-state index < -0.39 is 0 Å². The molecule has 6 heteroatoms. The largest absolute Gasteiger partial charge is 0.278 e. The van der Waals surface area contributed by atoms with Gasteiger partial charge in [0.25, 0.3) is 0 Å². The highest BCUT2D eigenvalue weighted by molar-refractivity contribution is 6.11. The smallest absolute Gasteiger partial charge is 0.238 e. The molecule has 314 valence electrons. The van der Waals surface area contributed by atoms with E-state index in [1.807, 2.05) is 97.1 Å². The summed E-state index contributed by atoms with van der Waals surface area (Å²) < 4.78 is 2.17. The van der Waals surface area contributed by atoms with Crippen LogP contribution in [0.1, 0.15) is 0 Å². The second-order valence-electron chi connectivity index (χ2n) is 16.5.